The van der Waals surface area contributed by atoms with Crippen LogP contribution in [0.1, 0.15) is 11.3 Å². The number of nitrogens with two attached hydrogens (primary N) is 1. The van der Waals surface area contributed by atoms with Crippen molar-refractivity contribution in [2.75, 3.05) is 13.7 Å². The van der Waals surface area contributed by atoms with Gasteiger partial charge in [0.2, 0.25) is 0 Å². The molecule has 0 atom stereocenters. The molecule has 0 saturated carbocycles. The molecule has 1 aromatic heterocycles. The summed E-state index contributed by atoms with van der Waals surface area (Å²) in [5.74, 6) is 0.871. The van der Waals surface area contributed by atoms with Gasteiger partial charge in [-0.25, -0.2) is 0 Å². The minimum atomic E-state index is 0.533. The molecule has 0 aliphatic heterocycles. The standard InChI is InChI=1S/C13H16N2O/c1-9-6-11-8-13(16-2)10(4-3-5-14)7-12(11)15-9/h3-4,6-8,15H,5,14H2,1-2H3/b4-3+. The molecule has 1 aromatic carbocycles. The van der Waals surface area contributed by atoms with Gasteiger partial charge in [0.05, 0.1) is 7.11 Å². The van der Waals surface area contributed by atoms with Crippen molar-refractivity contribution < 1.29 is 4.74 Å². The van der Waals surface area contributed by atoms with E-state index in [0.717, 1.165) is 22.5 Å². The molecular formula is C13H16N2O. The number of hydrogen-bond donors (Lipinski definition) is 2. The van der Waals surface area contributed by atoms with Crippen molar-refractivity contribution in [1.29, 1.82) is 0 Å². The fraction of sp³-hybridized carbons (Fsp3) is 0.231. The molecule has 2 aromatic rings. The van der Waals surface area contributed by atoms with Crippen LogP contribution in [-0.2, 0) is 0 Å². The van der Waals surface area contributed by atoms with Crippen LogP contribution in [0.15, 0.2) is 24.3 Å². The highest BCUT2D eigenvalue weighted by molar-refractivity contribution is 5.85. The van der Waals surface area contributed by atoms with E-state index in [1.165, 1.54) is 5.39 Å². The van der Waals surface area contributed by atoms with E-state index in [1.54, 1.807) is 7.11 Å². The molecule has 0 aliphatic carbocycles. The first-order valence-electron chi connectivity index (χ1n) is 5.28. The summed E-state index contributed by atoms with van der Waals surface area (Å²) in [5, 5.41) is 1.17. The number of ether oxygens (including phenoxy) is 1. The highest BCUT2D eigenvalue weighted by atomic mass is 16.5. The van der Waals surface area contributed by atoms with E-state index < -0.39 is 0 Å². The molecule has 3 N–H and O–H groups in total. The Morgan fingerprint density at radius 2 is 2.19 bits per heavy atom. The first-order valence-corrected chi connectivity index (χ1v) is 5.28. The van der Waals surface area contributed by atoms with Crippen LogP contribution in [0.3, 0.4) is 0 Å². The number of rotatable bonds is 3. The number of hydrogen-bond acceptors (Lipinski definition) is 2. The van der Waals surface area contributed by atoms with E-state index in [2.05, 4.69) is 17.1 Å². The number of H-pyrrole nitrogens is 1. The zero-order chi connectivity index (χ0) is 11.5. The van der Waals surface area contributed by atoms with Crippen LogP contribution in [0.5, 0.6) is 5.75 Å². The second-order valence-corrected chi connectivity index (χ2v) is 3.77. The van der Waals surface area contributed by atoms with Crippen LogP contribution in [0.25, 0.3) is 17.0 Å². The lowest BCUT2D eigenvalue weighted by atomic mass is 10.1. The maximum atomic E-state index is 5.45. The van der Waals surface area contributed by atoms with Gasteiger partial charge in [0.1, 0.15) is 5.75 Å². The molecule has 84 valence electrons. The lowest BCUT2D eigenvalue weighted by molar-refractivity contribution is 0.414. The topological polar surface area (TPSA) is 51.0 Å². The van der Waals surface area contributed by atoms with Crippen molar-refractivity contribution in [2.24, 2.45) is 5.73 Å². The van der Waals surface area contributed by atoms with Crippen LogP contribution >= 0.6 is 0 Å². The van der Waals surface area contributed by atoms with E-state index in [-0.39, 0.29) is 0 Å². The maximum Gasteiger partial charge on any atom is 0.126 e. The lowest BCUT2D eigenvalue weighted by Gasteiger charge is -2.04. The third kappa shape index (κ3) is 1.95. The normalized spacial score (nSPS) is 11.4. The molecule has 0 unspecified atom stereocenters. The molecule has 0 bridgehead atoms. The highest BCUT2D eigenvalue weighted by Crippen LogP contribution is 2.27. The Hall–Kier alpha value is -1.74. The average molecular weight is 216 g/mol. The molecule has 0 spiro atoms. The van der Waals surface area contributed by atoms with Crippen molar-refractivity contribution in [3.63, 3.8) is 0 Å². The quantitative estimate of drug-likeness (QED) is 0.828. The summed E-state index contributed by atoms with van der Waals surface area (Å²) in [6.07, 6.45) is 3.90. The van der Waals surface area contributed by atoms with E-state index >= 15 is 0 Å². The van der Waals surface area contributed by atoms with Gasteiger partial charge >= 0.3 is 0 Å². The zero-order valence-corrected chi connectivity index (χ0v) is 9.58. The third-order valence-electron chi connectivity index (χ3n) is 2.54. The Labute approximate surface area is 94.9 Å². The van der Waals surface area contributed by atoms with Gasteiger partial charge in [0.15, 0.2) is 0 Å². The molecular weight excluding hydrogens is 200 g/mol. The number of aromatic nitrogens is 1. The molecule has 3 nitrogen and oxygen atoms in total. The van der Waals surface area contributed by atoms with Crippen LogP contribution in [0, 0.1) is 6.92 Å². The van der Waals surface area contributed by atoms with E-state index in [4.69, 9.17) is 10.5 Å². The van der Waals surface area contributed by atoms with Gasteiger partial charge in [-0.05, 0) is 25.1 Å². The molecule has 1 heterocycles. The first-order chi connectivity index (χ1) is 7.74. The predicted molar refractivity (Wildman–Crippen MR) is 67.7 cm³/mol. The van der Waals surface area contributed by atoms with Gasteiger partial charge in [-0.2, -0.15) is 0 Å². The van der Waals surface area contributed by atoms with Crippen molar-refractivity contribution in [3.8, 4) is 5.75 Å². The number of aryl methyl sites for hydroxylation is 1. The fourth-order valence-electron chi connectivity index (χ4n) is 1.82. The summed E-state index contributed by atoms with van der Waals surface area (Å²) in [5.41, 5.74) is 8.76. The van der Waals surface area contributed by atoms with Gasteiger partial charge in [-0.1, -0.05) is 12.2 Å². The molecule has 16 heavy (non-hydrogen) atoms. The van der Waals surface area contributed by atoms with E-state index in [9.17, 15) is 0 Å². The lowest BCUT2D eigenvalue weighted by Crippen LogP contribution is -1.93. The van der Waals surface area contributed by atoms with Crippen LogP contribution < -0.4 is 10.5 Å². The third-order valence-corrected chi connectivity index (χ3v) is 2.54. The minimum Gasteiger partial charge on any atom is -0.496 e. The summed E-state index contributed by atoms with van der Waals surface area (Å²) >= 11 is 0. The number of nitrogens with one attached hydrogen (secondary N) is 1. The molecule has 0 aliphatic rings. The fourth-order valence-corrected chi connectivity index (χ4v) is 1.82. The van der Waals surface area contributed by atoms with Gasteiger partial charge in [0, 0.05) is 28.7 Å². The number of aromatic amines is 1. The summed E-state index contributed by atoms with van der Waals surface area (Å²) < 4.78 is 5.35. The largest absolute Gasteiger partial charge is 0.496 e. The molecule has 2 rings (SSSR count). The van der Waals surface area contributed by atoms with Crippen LogP contribution in [0.2, 0.25) is 0 Å². The Morgan fingerprint density at radius 1 is 1.38 bits per heavy atom. The number of fused-ring (bicyclic) bond motifs is 1. The van der Waals surface area contributed by atoms with Crippen molar-refractivity contribution in [1.82, 2.24) is 4.98 Å². The SMILES string of the molecule is COc1cc2cc(C)[nH]c2cc1/C=C/CN. The molecule has 0 amide bonds. The van der Waals surface area contributed by atoms with E-state index in [0.29, 0.717) is 6.54 Å². The molecule has 0 fully saturated rings. The number of methoxy groups -OCH3 is 1. The smallest absolute Gasteiger partial charge is 0.126 e. The molecule has 0 saturated heterocycles. The Morgan fingerprint density at radius 3 is 2.88 bits per heavy atom. The van der Waals surface area contributed by atoms with Crippen molar-refractivity contribution in [2.45, 2.75) is 6.92 Å². The van der Waals surface area contributed by atoms with Crippen molar-refractivity contribution in [3.05, 3.63) is 35.5 Å². The zero-order valence-electron chi connectivity index (χ0n) is 9.58. The van der Waals surface area contributed by atoms with E-state index in [1.807, 2.05) is 25.1 Å². The molecule has 0 radical (unpaired) electrons. The summed E-state index contributed by atoms with van der Waals surface area (Å²) in [6.45, 7) is 2.58. The Bertz CT molecular complexity index is 526. The second kappa shape index (κ2) is 4.41. The Balaban J connectivity index is 2.57. The van der Waals surface area contributed by atoms with Gasteiger partial charge in [0.25, 0.3) is 0 Å². The monoisotopic (exact) mass is 216 g/mol. The van der Waals surface area contributed by atoms with Crippen LogP contribution in [-0.4, -0.2) is 18.6 Å². The van der Waals surface area contributed by atoms with Gasteiger partial charge in [-0.3, -0.25) is 0 Å². The first kappa shape index (κ1) is 10.8. The van der Waals surface area contributed by atoms with Crippen molar-refractivity contribution >= 4 is 17.0 Å². The summed E-state index contributed by atoms with van der Waals surface area (Å²) in [4.78, 5) is 3.31. The summed E-state index contributed by atoms with van der Waals surface area (Å²) in [6, 6.07) is 6.22. The summed E-state index contributed by atoms with van der Waals surface area (Å²) in [7, 11) is 1.68. The van der Waals surface area contributed by atoms with Crippen LogP contribution in [0.4, 0.5) is 0 Å². The predicted octanol–water partition coefficient (Wildman–Crippen LogP) is 2.46. The average Bonchev–Trinajstić information content (AvgIpc) is 2.63. The Kier molecular flexibility index (Phi) is 2.97. The molecule has 3 heteroatoms. The maximum absolute atomic E-state index is 5.45. The highest BCUT2D eigenvalue weighted by Gasteiger charge is 2.04. The number of benzene rings is 1. The second-order valence-electron chi connectivity index (χ2n) is 3.77. The van der Waals surface area contributed by atoms with Gasteiger partial charge in [-0.15, -0.1) is 0 Å². The minimum absolute atomic E-state index is 0.533. The van der Waals surface area contributed by atoms with Gasteiger partial charge < -0.3 is 15.5 Å².